The van der Waals surface area contributed by atoms with Gasteiger partial charge in [0.05, 0.1) is 10.7 Å². The first-order valence-corrected chi connectivity index (χ1v) is 6.67. The number of carboxylic acids is 1. The molecule has 19 heavy (non-hydrogen) atoms. The van der Waals surface area contributed by atoms with Crippen LogP contribution in [0.25, 0.3) is 0 Å². The highest BCUT2D eigenvalue weighted by Gasteiger charge is 2.16. The van der Waals surface area contributed by atoms with Crippen LogP contribution in [0.1, 0.15) is 41.1 Å². The van der Waals surface area contributed by atoms with E-state index in [2.05, 4.69) is 10.3 Å². The van der Waals surface area contributed by atoms with Crippen LogP contribution in [0.15, 0.2) is 0 Å². The van der Waals surface area contributed by atoms with Gasteiger partial charge in [-0.25, -0.2) is 14.6 Å². The van der Waals surface area contributed by atoms with Crippen LogP contribution in [0.4, 0.5) is 4.79 Å². The van der Waals surface area contributed by atoms with E-state index in [0.717, 1.165) is 11.3 Å². The van der Waals surface area contributed by atoms with Crippen LogP contribution in [0.3, 0.4) is 0 Å². The summed E-state index contributed by atoms with van der Waals surface area (Å²) < 4.78 is 5.08. The predicted molar refractivity (Wildman–Crippen MR) is 71.8 cm³/mol. The largest absolute Gasteiger partial charge is 0.477 e. The number of aryl methyl sites for hydroxylation is 1. The number of hydrogen-bond donors (Lipinski definition) is 2. The summed E-state index contributed by atoms with van der Waals surface area (Å²) in [5.41, 5.74) is -0.0250. The first-order chi connectivity index (χ1) is 8.69. The topological polar surface area (TPSA) is 88.5 Å². The van der Waals surface area contributed by atoms with Crippen LogP contribution in [0.2, 0.25) is 0 Å². The third-order valence-electron chi connectivity index (χ3n) is 2.04. The molecule has 7 heteroatoms. The lowest BCUT2D eigenvalue weighted by Crippen LogP contribution is -2.33. The molecule has 0 fully saturated rings. The first kappa shape index (κ1) is 15.4. The van der Waals surface area contributed by atoms with Gasteiger partial charge in [0, 0.05) is 13.0 Å². The third-order valence-corrected chi connectivity index (χ3v) is 3.25. The molecule has 0 atom stereocenters. The van der Waals surface area contributed by atoms with E-state index in [1.807, 2.05) is 0 Å². The minimum absolute atomic E-state index is 0.243. The fourth-order valence-electron chi connectivity index (χ4n) is 1.34. The first-order valence-electron chi connectivity index (χ1n) is 5.85. The standard InChI is InChI=1S/C12H18N2O4S/c1-7-9(10(15)16)19-8(14-7)5-6-13-11(17)18-12(2,3)4/h5-6H2,1-4H3,(H,13,17)(H,15,16). The Hall–Kier alpha value is -1.63. The normalized spacial score (nSPS) is 11.2. The van der Waals surface area contributed by atoms with Crippen molar-refractivity contribution in [3.8, 4) is 0 Å². The molecule has 106 valence electrons. The zero-order chi connectivity index (χ0) is 14.6. The molecule has 1 aromatic heterocycles. The van der Waals surface area contributed by atoms with Gasteiger partial charge in [-0.1, -0.05) is 0 Å². The average molecular weight is 286 g/mol. The van der Waals surface area contributed by atoms with Crippen molar-refractivity contribution in [3.05, 3.63) is 15.6 Å². The molecule has 0 unspecified atom stereocenters. The maximum atomic E-state index is 11.4. The Morgan fingerprint density at radius 3 is 2.53 bits per heavy atom. The van der Waals surface area contributed by atoms with E-state index in [0.29, 0.717) is 23.7 Å². The van der Waals surface area contributed by atoms with E-state index in [-0.39, 0.29) is 4.88 Å². The van der Waals surface area contributed by atoms with Gasteiger partial charge >= 0.3 is 12.1 Å². The van der Waals surface area contributed by atoms with Gasteiger partial charge in [-0.2, -0.15) is 0 Å². The molecule has 0 radical (unpaired) electrons. The van der Waals surface area contributed by atoms with Crippen molar-refractivity contribution in [3.63, 3.8) is 0 Å². The summed E-state index contributed by atoms with van der Waals surface area (Å²) in [7, 11) is 0. The molecule has 0 saturated carbocycles. The molecule has 0 aliphatic heterocycles. The Morgan fingerprint density at radius 2 is 2.05 bits per heavy atom. The number of aromatic nitrogens is 1. The zero-order valence-electron chi connectivity index (χ0n) is 11.4. The Bertz CT molecular complexity index is 477. The van der Waals surface area contributed by atoms with Gasteiger partial charge in [-0.3, -0.25) is 0 Å². The molecular weight excluding hydrogens is 268 g/mol. The minimum Gasteiger partial charge on any atom is -0.477 e. The summed E-state index contributed by atoms with van der Waals surface area (Å²) in [6, 6.07) is 0. The molecule has 0 aliphatic carbocycles. The Labute approximate surface area is 115 Å². The van der Waals surface area contributed by atoms with Crippen LogP contribution in [0, 0.1) is 6.92 Å². The highest BCUT2D eigenvalue weighted by molar-refractivity contribution is 7.13. The van der Waals surface area contributed by atoms with Crippen molar-refractivity contribution in [2.24, 2.45) is 0 Å². The van der Waals surface area contributed by atoms with E-state index in [9.17, 15) is 9.59 Å². The van der Waals surface area contributed by atoms with E-state index >= 15 is 0 Å². The summed E-state index contributed by atoms with van der Waals surface area (Å²) >= 11 is 1.13. The molecule has 0 spiro atoms. The van der Waals surface area contributed by atoms with Gasteiger partial charge in [0.25, 0.3) is 0 Å². The number of carboxylic acid groups (broad SMARTS) is 1. The molecule has 2 N–H and O–H groups in total. The van der Waals surface area contributed by atoms with E-state index in [1.54, 1.807) is 27.7 Å². The smallest absolute Gasteiger partial charge is 0.407 e. The number of nitrogens with one attached hydrogen (secondary N) is 1. The maximum Gasteiger partial charge on any atom is 0.407 e. The lowest BCUT2D eigenvalue weighted by atomic mass is 10.2. The van der Waals surface area contributed by atoms with Crippen molar-refractivity contribution in [2.75, 3.05) is 6.54 Å². The highest BCUT2D eigenvalue weighted by atomic mass is 32.1. The molecular formula is C12H18N2O4S. The van der Waals surface area contributed by atoms with Gasteiger partial charge in [0.1, 0.15) is 10.5 Å². The molecule has 1 aromatic rings. The number of hydrogen-bond acceptors (Lipinski definition) is 5. The monoisotopic (exact) mass is 286 g/mol. The summed E-state index contributed by atoms with van der Waals surface area (Å²) in [6.45, 7) is 7.38. The summed E-state index contributed by atoms with van der Waals surface area (Å²) in [4.78, 5) is 26.6. The SMILES string of the molecule is Cc1nc(CCNC(=O)OC(C)(C)C)sc1C(=O)O. The highest BCUT2D eigenvalue weighted by Crippen LogP contribution is 2.18. The number of ether oxygens (including phenoxy) is 1. The maximum absolute atomic E-state index is 11.4. The van der Waals surface area contributed by atoms with Gasteiger partial charge in [0.2, 0.25) is 0 Å². The van der Waals surface area contributed by atoms with Gasteiger partial charge < -0.3 is 15.2 Å². The molecule has 1 heterocycles. The lowest BCUT2D eigenvalue weighted by Gasteiger charge is -2.19. The number of carbonyl (C=O) groups is 2. The fraction of sp³-hybridized carbons (Fsp3) is 0.583. The Balaban J connectivity index is 2.44. The van der Waals surface area contributed by atoms with Crippen LogP contribution in [0.5, 0.6) is 0 Å². The van der Waals surface area contributed by atoms with Gasteiger partial charge in [-0.05, 0) is 27.7 Å². The van der Waals surface area contributed by atoms with E-state index < -0.39 is 17.7 Å². The van der Waals surface area contributed by atoms with Crippen LogP contribution in [-0.2, 0) is 11.2 Å². The molecule has 0 aromatic carbocycles. The zero-order valence-corrected chi connectivity index (χ0v) is 12.3. The summed E-state index contributed by atoms with van der Waals surface area (Å²) in [6.07, 6.45) is -0.00266. The fourth-order valence-corrected chi connectivity index (χ4v) is 2.25. The second kappa shape index (κ2) is 6.01. The molecule has 0 bridgehead atoms. The van der Waals surface area contributed by atoms with Crippen molar-refractivity contribution in [1.82, 2.24) is 10.3 Å². The quantitative estimate of drug-likeness (QED) is 0.886. The number of rotatable bonds is 4. The van der Waals surface area contributed by atoms with Crippen molar-refractivity contribution < 1.29 is 19.4 Å². The summed E-state index contributed by atoms with van der Waals surface area (Å²) in [5, 5.41) is 12.2. The van der Waals surface area contributed by atoms with E-state index in [1.165, 1.54) is 0 Å². The minimum atomic E-state index is -0.971. The van der Waals surface area contributed by atoms with Gasteiger partial charge in [0.15, 0.2) is 0 Å². The third kappa shape index (κ3) is 5.25. The average Bonchev–Trinajstić information content (AvgIpc) is 2.57. The number of nitrogens with zero attached hydrogens (tertiary/aromatic N) is 1. The summed E-state index contributed by atoms with van der Waals surface area (Å²) in [5.74, 6) is -0.971. The van der Waals surface area contributed by atoms with Gasteiger partial charge in [-0.15, -0.1) is 11.3 Å². The molecule has 0 saturated heterocycles. The predicted octanol–water partition coefficient (Wildman–Crippen LogP) is 2.22. The number of aromatic carboxylic acids is 1. The lowest BCUT2D eigenvalue weighted by molar-refractivity contribution is 0.0528. The Kier molecular flexibility index (Phi) is 4.88. The van der Waals surface area contributed by atoms with Crippen molar-refractivity contribution in [1.29, 1.82) is 0 Å². The number of alkyl carbamates (subject to hydrolysis) is 1. The molecule has 0 aliphatic rings. The van der Waals surface area contributed by atoms with Crippen LogP contribution < -0.4 is 5.32 Å². The molecule has 1 rings (SSSR count). The van der Waals surface area contributed by atoms with Crippen LogP contribution in [-0.4, -0.2) is 34.3 Å². The number of thiazole rings is 1. The van der Waals surface area contributed by atoms with E-state index in [4.69, 9.17) is 9.84 Å². The number of amides is 1. The Morgan fingerprint density at radius 1 is 1.42 bits per heavy atom. The van der Waals surface area contributed by atoms with Crippen molar-refractivity contribution in [2.45, 2.75) is 39.7 Å². The van der Waals surface area contributed by atoms with Crippen molar-refractivity contribution >= 4 is 23.4 Å². The second-order valence-corrected chi connectivity index (χ2v) is 6.09. The molecule has 1 amide bonds. The van der Waals surface area contributed by atoms with Crippen LogP contribution >= 0.6 is 11.3 Å². The number of carbonyl (C=O) groups excluding carboxylic acids is 1. The second-order valence-electron chi connectivity index (χ2n) is 5.01. The molecule has 6 nitrogen and oxygen atoms in total.